The second-order valence-electron chi connectivity index (χ2n) is 4.53. The van der Waals surface area contributed by atoms with Gasteiger partial charge in [0.1, 0.15) is 6.33 Å². The fourth-order valence-electron chi connectivity index (χ4n) is 2.02. The fourth-order valence-corrected chi connectivity index (χ4v) is 2.02. The molecule has 0 aliphatic heterocycles. The van der Waals surface area contributed by atoms with E-state index in [4.69, 9.17) is 5.11 Å². The molecular formula is C15H16FN3O2. The third kappa shape index (κ3) is 3.75. The van der Waals surface area contributed by atoms with Gasteiger partial charge in [-0.1, -0.05) is 31.2 Å². The highest BCUT2D eigenvalue weighted by Crippen LogP contribution is 2.16. The van der Waals surface area contributed by atoms with E-state index in [1.807, 2.05) is 19.1 Å². The van der Waals surface area contributed by atoms with Crippen LogP contribution in [-0.2, 0) is 24.2 Å². The maximum absolute atomic E-state index is 14.0. The first kappa shape index (κ1) is 14.9. The number of hydrogen-bond acceptors (Lipinski definition) is 4. The van der Waals surface area contributed by atoms with Gasteiger partial charge in [0.05, 0.1) is 12.1 Å². The summed E-state index contributed by atoms with van der Waals surface area (Å²) in [5, 5.41) is 11.8. The average molecular weight is 289 g/mol. The highest BCUT2D eigenvalue weighted by atomic mass is 19.1. The first-order chi connectivity index (χ1) is 10.1. The molecule has 0 radical (unpaired) electrons. The molecule has 1 aromatic carbocycles. The predicted octanol–water partition coefficient (Wildman–Crippen LogP) is 2.42. The Morgan fingerprint density at radius 1 is 1.29 bits per heavy atom. The van der Waals surface area contributed by atoms with Crippen LogP contribution in [0, 0.1) is 5.82 Å². The Balaban J connectivity index is 2.15. The number of aryl methyl sites for hydroxylation is 1. The number of rotatable bonds is 6. The molecule has 0 aliphatic rings. The second kappa shape index (κ2) is 6.78. The van der Waals surface area contributed by atoms with Crippen molar-refractivity contribution in [3.8, 4) is 0 Å². The van der Waals surface area contributed by atoms with Crippen molar-refractivity contribution in [2.75, 3.05) is 5.32 Å². The van der Waals surface area contributed by atoms with E-state index in [-0.39, 0.29) is 12.2 Å². The number of carboxylic acid groups (broad SMARTS) is 1. The smallest absolute Gasteiger partial charge is 0.307 e. The third-order valence-corrected chi connectivity index (χ3v) is 3.10. The molecule has 0 bridgehead atoms. The van der Waals surface area contributed by atoms with Crippen molar-refractivity contribution in [3.63, 3.8) is 0 Å². The van der Waals surface area contributed by atoms with E-state index in [9.17, 15) is 9.18 Å². The van der Waals surface area contributed by atoms with Gasteiger partial charge in [-0.15, -0.1) is 0 Å². The van der Waals surface area contributed by atoms with E-state index in [2.05, 4.69) is 15.3 Å². The Morgan fingerprint density at radius 3 is 2.67 bits per heavy atom. The predicted molar refractivity (Wildman–Crippen MR) is 76.5 cm³/mol. The van der Waals surface area contributed by atoms with Crippen molar-refractivity contribution in [1.82, 2.24) is 9.97 Å². The van der Waals surface area contributed by atoms with Gasteiger partial charge in [0.15, 0.2) is 11.6 Å². The first-order valence-electron chi connectivity index (χ1n) is 6.63. The minimum Gasteiger partial charge on any atom is -0.481 e. The SMILES string of the molecule is CCc1ncnc(NCc2ccccc2CC(=O)O)c1F. The monoisotopic (exact) mass is 289 g/mol. The molecule has 0 atom stereocenters. The van der Waals surface area contributed by atoms with Crippen LogP contribution < -0.4 is 5.32 Å². The number of aromatic nitrogens is 2. The molecule has 0 saturated heterocycles. The number of aliphatic carboxylic acids is 1. The molecule has 1 heterocycles. The lowest BCUT2D eigenvalue weighted by atomic mass is 10.0. The van der Waals surface area contributed by atoms with Gasteiger partial charge in [-0.05, 0) is 17.5 Å². The lowest BCUT2D eigenvalue weighted by molar-refractivity contribution is -0.136. The number of nitrogens with zero attached hydrogens (tertiary/aromatic N) is 2. The Bertz CT molecular complexity index is 647. The summed E-state index contributed by atoms with van der Waals surface area (Å²) in [6.45, 7) is 2.12. The zero-order chi connectivity index (χ0) is 15.2. The Hall–Kier alpha value is -2.50. The topological polar surface area (TPSA) is 75.1 Å². The Kier molecular flexibility index (Phi) is 4.81. The van der Waals surface area contributed by atoms with E-state index in [0.29, 0.717) is 24.2 Å². The molecule has 6 heteroatoms. The molecule has 2 rings (SSSR count). The maximum Gasteiger partial charge on any atom is 0.307 e. The van der Waals surface area contributed by atoms with Crippen molar-refractivity contribution in [2.24, 2.45) is 0 Å². The number of benzene rings is 1. The normalized spacial score (nSPS) is 10.4. The molecule has 0 spiro atoms. The highest BCUT2D eigenvalue weighted by Gasteiger charge is 2.11. The van der Waals surface area contributed by atoms with E-state index in [1.165, 1.54) is 6.33 Å². The van der Waals surface area contributed by atoms with Gasteiger partial charge < -0.3 is 10.4 Å². The summed E-state index contributed by atoms with van der Waals surface area (Å²) in [6.07, 6.45) is 1.73. The number of carbonyl (C=O) groups is 1. The molecule has 5 nitrogen and oxygen atoms in total. The van der Waals surface area contributed by atoms with Crippen LogP contribution in [0.25, 0.3) is 0 Å². The average Bonchev–Trinajstić information content (AvgIpc) is 2.47. The van der Waals surface area contributed by atoms with Crippen LogP contribution in [0.4, 0.5) is 10.2 Å². The largest absolute Gasteiger partial charge is 0.481 e. The summed E-state index contributed by atoms with van der Waals surface area (Å²) < 4.78 is 14.0. The third-order valence-electron chi connectivity index (χ3n) is 3.10. The molecule has 2 aromatic rings. The summed E-state index contributed by atoms with van der Waals surface area (Å²) in [7, 11) is 0. The molecule has 1 aromatic heterocycles. The van der Waals surface area contributed by atoms with Gasteiger partial charge >= 0.3 is 5.97 Å². The van der Waals surface area contributed by atoms with Crippen molar-refractivity contribution in [2.45, 2.75) is 26.3 Å². The van der Waals surface area contributed by atoms with Crippen molar-refractivity contribution < 1.29 is 14.3 Å². The van der Waals surface area contributed by atoms with Crippen LogP contribution in [0.1, 0.15) is 23.7 Å². The molecule has 0 amide bonds. The Morgan fingerprint density at radius 2 is 2.00 bits per heavy atom. The summed E-state index contributed by atoms with van der Waals surface area (Å²) in [5.41, 5.74) is 1.85. The number of hydrogen-bond donors (Lipinski definition) is 2. The van der Waals surface area contributed by atoms with E-state index >= 15 is 0 Å². The number of halogens is 1. The molecule has 0 unspecified atom stereocenters. The van der Waals surface area contributed by atoms with Crippen LogP contribution in [0.3, 0.4) is 0 Å². The summed E-state index contributed by atoms with van der Waals surface area (Å²) in [5.74, 6) is -1.23. The van der Waals surface area contributed by atoms with Gasteiger partial charge in [0, 0.05) is 6.54 Å². The molecule has 110 valence electrons. The van der Waals surface area contributed by atoms with Crippen LogP contribution in [0.5, 0.6) is 0 Å². The second-order valence-corrected chi connectivity index (χ2v) is 4.53. The standard InChI is InChI=1S/C15H16FN3O2/c1-2-12-14(16)15(19-9-18-12)17-8-11-6-4-3-5-10(11)7-13(20)21/h3-6,9H,2,7-8H2,1H3,(H,20,21)(H,17,18,19). The summed E-state index contributed by atoms with van der Waals surface area (Å²) >= 11 is 0. The molecule has 21 heavy (non-hydrogen) atoms. The quantitative estimate of drug-likeness (QED) is 0.854. The van der Waals surface area contributed by atoms with Crippen LogP contribution in [0.2, 0.25) is 0 Å². The van der Waals surface area contributed by atoms with E-state index < -0.39 is 11.8 Å². The molecule has 0 fully saturated rings. The highest BCUT2D eigenvalue weighted by molar-refractivity contribution is 5.70. The number of carboxylic acids is 1. The number of anilines is 1. The van der Waals surface area contributed by atoms with Gasteiger partial charge in [0.25, 0.3) is 0 Å². The first-order valence-corrected chi connectivity index (χ1v) is 6.63. The van der Waals surface area contributed by atoms with Gasteiger partial charge in [0.2, 0.25) is 0 Å². The van der Waals surface area contributed by atoms with Gasteiger partial charge in [-0.3, -0.25) is 4.79 Å². The molecule has 0 aliphatic carbocycles. The van der Waals surface area contributed by atoms with E-state index in [0.717, 1.165) is 5.56 Å². The van der Waals surface area contributed by atoms with Crippen LogP contribution in [0.15, 0.2) is 30.6 Å². The zero-order valence-corrected chi connectivity index (χ0v) is 11.6. The van der Waals surface area contributed by atoms with Gasteiger partial charge in [-0.2, -0.15) is 0 Å². The van der Waals surface area contributed by atoms with Crippen LogP contribution in [-0.4, -0.2) is 21.0 Å². The summed E-state index contributed by atoms with van der Waals surface area (Å²) in [4.78, 5) is 18.6. The van der Waals surface area contributed by atoms with Crippen molar-refractivity contribution in [1.29, 1.82) is 0 Å². The molecular weight excluding hydrogens is 273 g/mol. The zero-order valence-electron chi connectivity index (χ0n) is 11.6. The maximum atomic E-state index is 14.0. The Labute approximate surface area is 121 Å². The van der Waals surface area contributed by atoms with Crippen LogP contribution >= 0.6 is 0 Å². The van der Waals surface area contributed by atoms with Crippen molar-refractivity contribution in [3.05, 3.63) is 53.2 Å². The summed E-state index contributed by atoms with van der Waals surface area (Å²) in [6, 6.07) is 7.16. The minimum absolute atomic E-state index is 0.0652. The van der Waals surface area contributed by atoms with Crippen molar-refractivity contribution >= 4 is 11.8 Å². The van der Waals surface area contributed by atoms with Gasteiger partial charge in [-0.25, -0.2) is 14.4 Å². The lowest BCUT2D eigenvalue weighted by Crippen LogP contribution is -2.10. The number of nitrogens with one attached hydrogen (secondary N) is 1. The lowest BCUT2D eigenvalue weighted by Gasteiger charge is -2.11. The fraction of sp³-hybridized carbons (Fsp3) is 0.267. The molecule has 0 saturated carbocycles. The molecule has 2 N–H and O–H groups in total. The minimum atomic E-state index is -0.899. The van der Waals surface area contributed by atoms with E-state index in [1.54, 1.807) is 12.1 Å².